The third-order valence-corrected chi connectivity index (χ3v) is 3.49. The zero-order valence-corrected chi connectivity index (χ0v) is 9.83. The van der Waals surface area contributed by atoms with E-state index in [1.807, 2.05) is 0 Å². The lowest BCUT2D eigenvalue weighted by atomic mass is 10.1. The summed E-state index contributed by atoms with van der Waals surface area (Å²) in [5, 5.41) is 9.41. The van der Waals surface area contributed by atoms with E-state index in [-0.39, 0.29) is 0 Å². The Balaban J connectivity index is 2.24. The van der Waals surface area contributed by atoms with Crippen LogP contribution in [0.3, 0.4) is 0 Å². The van der Waals surface area contributed by atoms with Crippen molar-refractivity contribution in [3.8, 4) is 0 Å². The number of nitrogens with one attached hydrogen (secondary N) is 1. The summed E-state index contributed by atoms with van der Waals surface area (Å²) in [4.78, 5) is 0. The summed E-state index contributed by atoms with van der Waals surface area (Å²) in [6, 6.07) is 6.98. The molecule has 3 nitrogen and oxygen atoms in total. The molecular weight excluding hydrogens is 198 g/mol. The Labute approximate surface area is 95.5 Å². The second kappa shape index (κ2) is 3.59. The predicted octanol–water partition coefficient (Wildman–Crippen LogP) is 2.19. The normalized spacial score (nSPS) is 20.8. The minimum atomic E-state index is 0.525. The molecule has 0 bridgehead atoms. The summed E-state index contributed by atoms with van der Waals surface area (Å²) in [5.74, 6) is 0. The molecule has 3 heteroatoms. The van der Waals surface area contributed by atoms with E-state index < -0.39 is 0 Å². The maximum absolute atomic E-state index is 4.71. The molecule has 84 valence electrons. The first kappa shape index (κ1) is 9.85. The zero-order valence-electron chi connectivity index (χ0n) is 9.83. The minimum absolute atomic E-state index is 0.525. The van der Waals surface area contributed by atoms with Crippen LogP contribution in [0.25, 0.3) is 10.9 Å². The van der Waals surface area contributed by atoms with Gasteiger partial charge in [0.1, 0.15) is 0 Å². The highest BCUT2D eigenvalue weighted by molar-refractivity contribution is 5.84. The Bertz CT molecular complexity index is 521. The Morgan fingerprint density at radius 2 is 2.25 bits per heavy atom. The van der Waals surface area contributed by atoms with Gasteiger partial charge in [-0.3, -0.25) is 4.68 Å². The average molecular weight is 215 g/mol. The van der Waals surface area contributed by atoms with Crippen molar-refractivity contribution in [1.82, 2.24) is 15.1 Å². The molecule has 16 heavy (non-hydrogen) atoms. The van der Waals surface area contributed by atoms with Crippen molar-refractivity contribution in [2.75, 3.05) is 13.1 Å². The molecule has 1 aliphatic heterocycles. The van der Waals surface area contributed by atoms with E-state index in [0.717, 1.165) is 18.8 Å². The SMILES string of the molecule is Cc1nn(C2CCNC2)c2c(C)cccc12. The molecule has 1 aromatic heterocycles. The first-order chi connectivity index (χ1) is 7.77. The van der Waals surface area contributed by atoms with Gasteiger partial charge in [-0.15, -0.1) is 0 Å². The Kier molecular flexibility index (Phi) is 2.21. The summed E-state index contributed by atoms with van der Waals surface area (Å²) in [7, 11) is 0. The molecule has 1 saturated heterocycles. The van der Waals surface area contributed by atoms with Crippen molar-refractivity contribution in [2.24, 2.45) is 0 Å². The fourth-order valence-corrected chi connectivity index (χ4v) is 2.63. The predicted molar refractivity (Wildman–Crippen MR) is 65.7 cm³/mol. The number of para-hydroxylation sites is 1. The fraction of sp³-hybridized carbons (Fsp3) is 0.462. The van der Waals surface area contributed by atoms with Crippen molar-refractivity contribution >= 4 is 10.9 Å². The van der Waals surface area contributed by atoms with Crippen molar-refractivity contribution in [1.29, 1.82) is 0 Å². The lowest BCUT2D eigenvalue weighted by Crippen LogP contribution is -2.14. The van der Waals surface area contributed by atoms with E-state index in [0.29, 0.717) is 6.04 Å². The summed E-state index contributed by atoms with van der Waals surface area (Å²) < 4.78 is 2.22. The van der Waals surface area contributed by atoms with Crippen LogP contribution in [-0.4, -0.2) is 22.9 Å². The largest absolute Gasteiger partial charge is 0.315 e. The van der Waals surface area contributed by atoms with Gasteiger partial charge in [0.15, 0.2) is 0 Å². The van der Waals surface area contributed by atoms with Crippen LogP contribution >= 0.6 is 0 Å². The van der Waals surface area contributed by atoms with Crippen molar-refractivity contribution in [3.05, 3.63) is 29.5 Å². The molecule has 2 heterocycles. The van der Waals surface area contributed by atoms with Gasteiger partial charge in [0.2, 0.25) is 0 Å². The number of aryl methyl sites for hydroxylation is 2. The average Bonchev–Trinajstić information content (AvgIpc) is 2.87. The Morgan fingerprint density at radius 1 is 1.38 bits per heavy atom. The number of fused-ring (bicyclic) bond motifs is 1. The monoisotopic (exact) mass is 215 g/mol. The van der Waals surface area contributed by atoms with Gasteiger partial charge < -0.3 is 5.32 Å². The van der Waals surface area contributed by atoms with Gasteiger partial charge in [-0.2, -0.15) is 5.10 Å². The lowest BCUT2D eigenvalue weighted by Gasteiger charge is -2.11. The van der Waals surface area contributed by atoms with E-state index in [9.17, 15) is 0 Å². The number of nitrogens with zero attached hydrogens (tertiary/aromatic N) is 2. The van der Waals surface area contributed by atoms with Crippen LogP contribution in [0, 0.1) is 13.8 Å². The summed E-state index contributed by atoms with van der Waals surface area (Å²) in [6.07, 6.45) is 1.19. The minimum Gasteiger partial charge on any atom is -0.315 e. The van der Waals surface area contributed by atoms with E-state index in [2.05, 4.69) is 42.0 Å². The van der Waals surface area contributed by atoms with Gasteiger partial charge in [-0.25, -0.2) is 0 Å². The molecule has 1 aromatic carbocycles. The van der Waals surface area contributed by atoms with Crippen LogP contribution in [0.1, 0.15) is 23.7 Å². The van der Waals surface area contributed by atoms with Crippen molar-refractivity contribution in [2.45, 2.75) is 26.3 Å². The maximum atomic E-state index is 4.71. The quantitative estimate of drug-likeness (QED) is 0.790. The Morgan fingerprint density at radius 3 is 3.00 bits per heavy atom. The third-order valence-electron chi connectivity index (χ3n) is 3.49. The van der Waals surface area contributed by atoms with Gasteiger partial charge in [0.25, 0.3) is 0 Å². The second-order valence-corrected chi connectivity index (χ2v) is 4.65. The van der Waals surface area contributed by atoms with E-state index in [4.69, 9.17) is 5.10 Å². The van der Waals surface area contributed by atoms with E-state index in [1.54, 1.807) is 0 Å². The van der Waals surface area contributed by atoms with Crippen LogP contribution < -0.4 is 5.32 Å². The molecule has 3 rings (SSSR count). The van der Waals surface area contributed by atoms with Crippen LogP contribution in [0.5, 0.6) is 0 Å². The van der Waals surface area contributed by atoms with E-state index in [1.165, 1.54) is 22.9 Å². The van der Waals surface area contributed by atoms with Crippen LogP contribution in [0.4, 0.5) is 0 Å². The summed E-state index contributed by atoms with van der Waals surface area (Å²) in [5.41, 5.74) is 3.78. The second-order valence-electron chi connectivity index (χ2n) is 4.65. The van der Waals surface area contributed by atoms with Gasteiger partial charge in [0.05, 0.1) is 17.3 Å². The van der Waals surface area contributed by atoms with Gasteiger partial charge in [-0.05, 0) is 32.4 Å². The van der Waals surface area contributed by atoms with Gasteiger partial charge in [-0.1, -0.05) is 18.2 Å². The van der Waals surface area contributed by atoms with Gasteiger partial charge >= 0.3 is 0 Å². The highest BCUT2D eigenvalue weighted by Crippen LogP contribution is 2.26. The molecule has 1 fully saturated rings. The lowest BCUT2D eigenvalue weighted by molar-refractivity contribution is 0.503. The smallest absolute Gasteiger partial charge is 0.0718 e. The summed E-state index contributed by atoms with van der Waals surface area (Å²) in [6.45, 7) is 6.42. The number of benzene rings is 1. The standard InChI is InChI=1S/C13H17N3/c1-9-4-3-5-12-10(2)15-16(13(9)12)11-6-7-14-8-11/h3-5,11,14H,6-8H2,1-2H3. The molecule has 0 aliphatic carbocycles. The van der Waals surface area contributed by atoms with Crippen molar-refractivity contribution < 1.29 is 0 Å². The third kappa shape index (κ3) is 1.35. The molecular formula is C13H17N3. The number of rotatable bonds is 1. The van der Waals surface area contributed by atoms with E-state index >= 15 is 0 Å². The highest BCUT2D eigenvalue weighted by atomic mass is 15.3. The molecule has 1 unspecified atom stereocenters. The number of hydrogen-bond acceptors (Lipinski definition) is 2. The molecule has 1 atom stereocenters. The van der Waals surface area contributed by atoms with Crippen LogP contribution in [0.15, 0.2) is 18.2 Å². The van der Waals surface area contributed by atoms with Crippen LogP contribution in [-0.2, 0) is 0 Å². The summed E-state index contributed by atoms with van der Waals surface area (Å²) >= 11 is 0. The maximum Gasteiger partial charge on any atom is 0.0718 e. The molecule has 0 saturated carbocycles. The first-order valence-corrected chi connectivity index (χ1v) is 5.92. The molecule has 0 radical (unpaired) electrons. The Hall–Kier alpha value is -1.35. The van der Waals surface area contributed by atoms with Gasteiger partial charge in [0, 0.05) is 11.9 Å². The highest BCUT2D eigenvalue weighted by Gasteiger charge is 2.20. The molecule has 1 aliphatic rings. The fourth-order valence-electron chi connectivity index (χ4n) is 2.63. The molecule has 1 N–H and O–H groups in total. The zero-order chi connectivity index (χ0) is 11.1. The number of aromatic nitrogens is 2. The first-order valence-electron chi connectivity index (χ1n) is 5.92. The molecule has 0 spiro atoms. The molecule has 2 aromatic rings. The molecule has 0 amide bonds. The van der Waals surface area contributed by atoms with Crippen molar-refractivity contribution in [3.63, 3.8) is 0 Å². The van der Waals surface area contributed by atoms with Crippen LogP contribution in [0.2, 0.25) is 0 Å². The topological polar surface area (TPSA) is 29.9 Å². The number of hydrogen-bond donors (Lipinski definition) is 1.